The minimum absolute atomic E-state index is 0.0162. The molecule has 0 aliphatic carbocycles. The molecule has 0 aliphatic rings. The number of amides is 1. The van der Waals surface area contributed by atoms with E-state index in [0.717, 1.165) is 6.42 Å². The zero-order chi connectivity index (χ0) is 15.0. The molecule has 0 heterocycles. The van der Waals surface area contributed by atoms with Crippen LogP contribution in [0.3, 0.4) is 0 Å². The highest BCUT2D eigenvalue weighted by Crippen LogP contribution is 2.08. The van der Waals surface area contributed by atoms with Gasteiger partial charge in [0.05, 0.1) is 0 Å². The number of Topliss-reactive ketones (excluding diaryl/α,β-unsaturated/α-hetero) is 1. The summed E-state index contributed by atoms with van der Waals surface area (Å²) in [6.07, 6.45) is 2.14. The van der Waals surface area contributed by atoms with Crippen LogP contribution in [0.25, 0.3) is 0 Å². The Bertz CT molecular complexity index is 440. The molecule has 0 bridgehead atoms. The lowest BCUT2D eigenvalue weighted by Gasteiger charge is -2.07. The van der Waals surface area contributed by atoms with Gasteiger partial charge in [0.1, 0.15) is 5.82 Å². The number of rotatable bonds is 8. The van der Waals surface area contributed by atoms with E-state index in [2.05, 4.69) is 19.2 Å². The number of halogens is 1. The Labute approximate surface area is 119 Å². The van der Waals surface area contributed by atoms with Crippen molar-refractivity contribution in [3.05, 3.63) is 35.6 Å². The molecule has 0 radical (unpaired) electrons. The first-order valence-electron chi connectivity index (χ1n) is 7.04. The number of carbonyl (C=O) groups excluding carboxylic acids is 2. The highest BCUT2D eigenvalue weighted by atomic mass is 19.1. The van der Waals surface area contributed by atoms with E-state index in [4.69, 9.17) is 0 Å². The van der Waals surface area contributed by atoms with Crippen molar-refractivity contribution in [3.8, 4) is 0 Å². The van der Waals surface area contributed by atoms with Crippen LogP contribution in [0, 0.1) is 11.7 Å². The summed E-state index contributed by atoms with van der Waals surface area (Å²) in [5.74, 6) is 0.138. The molecule has 0 saturated heterocycles. The van der Waals surface area contributed by atoms with Gasteiger partial charge < -0.3 is 5.32 Å². The lowest BCUT2D eigenvalue weighted by molar-refractivity contribution is -0.121. The first kappa shape index (κ1) is 16.3. The van der Waals surface area contributed by atoms with Gasteiger partial charge in [-0.15, -0.1) is 0 Å². The molecule has 0 fully saturated rings. The summed E-state index contributed by atoms with van der Waals surface area (Å²) in [4.78, 5) is 23.3. The van der Waals surface area contributed by atoms with E-state index in [1.54, 1.807) is 0 Å². The number of nitrogens with one attached hydrogen (secondary N) is 1. The molecule has 1 rings (SSSR count). The molecular formula is C16H22FNO2. The molecule has 0 atom stereocenters. The molecule has 1 aromatic carbocycles. The standard InChI is InChI=1S/C16H22FNO2/c1-12(2)10-11-18-16(20)5-3-4-15(19)13-6-8-14(17)9-7-13/h6-9,12H,3-5,10-11H2,1-2H3,(H,18,20). The largest absolute Gasteiger partial charge is 0.356 e. The molecule has 0 aromatic heterocycles. The molecule has 3 nitrogen and oxygen atoms in total. The van der Waals surface area contributed by atoms with Gasteiger partial charge in [0.25, 0.3) is 0 Å². The van der Waals surface area contributed by atoms with Crippen LogP contribution in [0.5, 0.6) is 0 Å². The van der Waals surface area contributed by atoms with Gasteiger partial charge in [0.15, 0.2) is 5.78 Å². The maximum Gasteiger partial charge on any atom is 0.220 e. The van der Waals surface area contributed by atoms with E-state index in [1.165, 1.54) is 24.3 Å². The average molecular weight is 279 g/mol. The summed E-state index contributed by atoms with van der Waals surface area (Å²) in [5, 5.41) is 2.84. The minimum Gasteiger partial charge on any atom is -0.356 e. The van der Waals surface area contributed by atoms with Crippen LogP contribution in [0.1, 0.15) is 49.9 Å². The summed E-state index contributed by atoms with van der Waals surface area (Å²) < 4.78 is 12.7. The van der Waals surface area contributed by atoms with Crippen LogP contribution in [-0.2, 0) is 4.79 Å². The molecule has 1 amide bonds. The molecule has 0 unspecified atom stereocenters. The Hall–Kier alpha value is -1.71. The van der Waals surface area contributed by atoms with Crippen LogP contribution in [0.4, 0.5) is 4.39 Å². The van der Waals surface area contributed by atoms with Gasteiger partial charge in [0, 0.05) is 24.9 Å². The summed E-state index contributed by atoms with van der Waals surface area (Å²) in [6.45, 7) is 4.89. The third-order valence-corrected chi connectivity index (χ3v) is 3.02. The van der Waals surface area contributed by atoms with Crippen molar-refractivity contribution in [3.63, 3.8) is 0 Å². The SMILES string of the molecule is CC(C)CCNC(=O)CCCC(=O)c1ccc(F)cc1. The Morgan fingerprint density at radius 2 is 1.80 bits per heavy atom. The molecule has 110 valence electrons. The van der Waals surface area contributed by atoms with Gasteiger partial charge in [-0.2, -0.15) is 0 Å². The van der Waals surface area contributed by atoms with Crippen LogP contribution in [0.15, 0.2) is 24.3 Å². The molecule has 1 aromatic rings. The van der Waals surface area contributed by atoms with E-state index >= 15 is 0 Å². The lowest BCUT2D eigenvalue weighted by Crippen LogP contribution is -2.25. The fourth-order valence-electron chi connectivity index (χ4n) is 1.78. The predicted octanol–water partition coefficient (Wildman–Crippen LogP) is 3.34. The van der Waals surface area contributed by atoms with Gasteiger partial charge in [-0.3, -0.25) is 9.59 Å². The first-order valence-corrected chi connectivity index (χ1v) is 7.04. The number of carbonyl (C=O) groups is 2. The predicted molar refractivity (Wildman–Crippen MR) is 77.0 cm³/mol. The monoisotopic (exact) mass is 279 g/mol. The second-order valence-corrected chi connectivity index (χ2v) is 5.32. The minimum atomic E-state index is -0.355. The number of hydrogen-bond donors (Lipinski definition) is 1. The van der Waals surface area contributed by atoms with Crippen LogP contribution >= 0.6 is 0 Å². The second kappa shape index (κ2) is 8.46. The van der Waals surface area contributed by atoms with Gasteiger partial charge in [-0.1, -0.05) is 13.8 Å². The molecular weight excluding hydrogens is 257 g/mol. The van der Waals surface area contributed by atoms with Crippen molar-refractivity contribution in [1.82, 2.24) is 5.32 Å². The maximum absolute atomic E-state index is 12.7. The Morgan fingerprint density at radius 3 is 2.40 bits per heavy atom. The van der Waals surface area contributed by atoms with Crippen LogP contribution in [0.2, 0.25) is 0 Å². The van der Waals surface area contributed by atoms with Crippen LogP contribution < -0.4 is 5.32 Å². The Kier molecular flexibility index (Phi) is 6.91. The smallest absolute Gasteiger partial charge is 0.220 e. The summed E-state index contributed by atoms with van der Waals surface area (Å²) in [6, 6.07) is 5.48. The second-order valence-electron chi connectivity index (χ2n) is 5.32. The number of ketones is 1. The molecule has 1 N–H and O–H groups in total. The van der Waals surface area contributed by atoms with Gasteiger partial charge in [-0.05, 0) is 43.0 Å². The quantitative estimate of drug-likeness (QED) is 0.742. The molecule has 0 saturated carbocycles. The topological polar surface area (TPSA) is 46.2 Å². The van der Waals surface area contributed by atoms with Gasteiger partial charge in [-0.25, -0.2) is 4.39 Å². The molecule has 0 aliphatic heterocycles. The fraction of sp³-hybridized carbons (Fsp3) is 0.500. The highest BCUT2D eigenvalue weighted by molar-refractivity contribution is 5.96. The van der Waals surface area contributed by atoms with Gasteiger partial charge >= 0.3 is 0 Å². The zero-order valence-electron chi connectivity index (χ0n) is 12.1. The third kappa shape index (κ3) is 6.45. The normalized spacial score (nSPS) is 10.6. The lowest BCUT2D eigenvalue weighted by atomic mass is 10.1. The number of benzene rings is 1. The number of hydrogen-bond acceptors (Lipinski definition) is 2. The summed E-state index contributed by atoms with van der Waals surface area (Å²) in [5.41, 5.74) is 0.492. The Balaban J connectivity index is 2.21. The van der Waals surface area contributed by atoms with E-state index in [0.29, 0.717) is 37.3 Å². The van der Waals surface area contributed by atoms with Crippen molar-refractivity contribution in [2.45, 2.75) is 39.5 Å². The highest BCUT2D eigenvalue weighted by Gasteiger charge is 2.08. The van der Waals surface area contributed by atoms with E-state index < -0.39 is 0 Å². The third-order valence-electron chi connectivity index (χ3n) is 3.02. The van der Waals surface area contributed by atoms with Gasteiger partial charge in [0.2, 0.25) is 5.91 Å². The fourth-order valence-corrected chi connectivity index (χ4v) is 1.78. The summed E-state index contributed by atoms with van der Waals surface area (Å²) in [7, 11) is 0. The van der Waals surface area contributed by atoms with Crippen molar-refractivity contribution in [2.24, 2.45) is 5.92 Å². The zero-order valence-corrected chi connectivity index (χ0v) is 12.1. The summed E-state index contributed by atoms with van der Waals surface area (Å²) >= 11 is 0. The van der Waals surface area contributed by atoms with E-state index in [1.807, 2.05) is 0 Å². The van der Waals surface area contributed by atoms with Crippen molar-refractivity contribution >= 4 is 11.7 Å². The first-order chi connectivity index (χ1) is 9.49. The van der Waals surface area contributed by atoms with Crippen molar-refractivity contribution in [1.29, 1.82) is 0 Å². The molecule has 4 heteroatoms. The maximum atomic E-state index is 12.7. The van der Waals surface area contributed by atoms with Crippen molar-refractivity contribution in [2.75, 3.05) is 6.54 Å². The van der Waals surface area contributed by atoms with E-state index in [-0.39, 0.29) is 17.5 Å². The molecule has 20 heavy (non-hydrogen) atoms. The van der Waals surface area contributed by atoms with Crippen molar-refractivity contribution < 1.29 is 14.0 Å². The van der Waals surface area contributed by atoms with E-state index in [9.17, 15) is 14.0 Å². The molecule has 0 spiro atoms. The Morgan fingerprint density at radius 1 is 1.15 bits per heavy atom. The average Bonchev–Trinajstić information content (AvgIpc) is 2.39. The van der Waals surface area contributed by atoms with Crippen LogP contribution in [-0.4, -0.2) is 18.2 Å².